The first-order valence-corrected chi connectivity index (χ1v) is 8.02. The van der Waals surface area contributed by atoms with Gasteiger partial charge in [0, 0.05) is 19.6 Å². The van der Waals surface area contributed by atoms with Gasteiger partial charge in [-0.2, -0.15) is 0 Å². The van der Waals surface area contributed by atoms with Gasteiger partial charge in [0.2, 0.25) is 0 Å². The summed E-state index contributed by atoms with van der Waals surface area (Å²) in [6.07, 6.45) is 4.94. The van der Waals surface area contributed by atoms with E-state index in [1.807, 2.05) is 0 Å². The van der Waals surface area contributed by atoms with Crippen molar-refractivity contribution >= 4 is 5.96 Å². The number of likely N-dealkylation sites (N-methyl/N-ethyl adjacent to an activating group) is 1. The molecule has 2 rings (SSSR count). The van der Waals surface area contributed by atoms with Crippen LogP contribution >= 0.6 is 0 Å². The van der Waals surface area contributed by atoms with E-state index in [4.69, 9.17) is 5.73 Å². The van der Waals surface area contributed by atoms with E-state index < -0.39 is 0 Å². The van der Waals surface area contributed by atoms with Crippen molar-refractivity contribution in [1.82, 2.24) is 14.7 Å². The third-order valence-corrected chi connectivity index (χ3v) is 4.71. The SMILES string of the molecule is CCCN1CCCC2(CC1)CN=C(N)N2CCN(C)C. The number of nitrogens with zero attached hydrogens (tertiary/aromatic N) is 4. The second-order valence-electron chi connectivity index (χ2n) is 6.55. The fourth-order valence-electron chi connectivity index (χ4n) is 3.50. The van der Waals surface area contributed by atoms with Crippen LogP contribution < -0.4 is 5.73 Å². The Hall–Kier alpha value is -0.810. The second kappa shape index (κ2) is 6.76. The highest BCUT2D eigenvalue weighted by molar-refractivity contribution is 5.81. The molecular formula is C15H31N5. The monoisotopic (exact) mass is 281 g/mol. The van der Waals surface area contributed by atoms with Crippen molar-refractivity contribution in [1.29, 1.82) is 0 Å². The van der Waals surface area contributed by atoms with E-state index in [0.717, 1.165) is 25.6 Å². The van der Waals surface area contributed by atoms with E-state index in [2.05, 4.69) is 40.7 Å². The molecule has 0 aliphatic carbocycles. The first-order chi connectivity index (χ1) is 9.57. The standard InChI is InChI=1S/C15H31N5/c1-4-8-19-9-5-6-15(7-10-19)13-17-14(16)20(15)12-11-18(2)3/h4-13H2,1-3H3,(H2,16,17). The summed E-state index contributed by atoms with van der Waals surface area (Å²) in [7, 11) is 4.23. The molecule has 116 valence electrons. The van der Waals surface area contributed by atoms with Crippen LogP contribution in [-0.2, 0) is 0 Å². The Bertz CT molecular complexity index is 341. The van der Waals surface area contributed by atoms with Crippen LogP contribution in [0.25, 0.3) is 0 Å². The van der Waals surface area contributed by atoms with Gasteiger partial charge in [0.1, 0.15) is 0 Å². The molecule has 20 heavy (non-hydrogen) atoms. The van der Waals surface area contributed by atoms with Crippen LogP contribution in [0.5, 0.6) is 0 Å². The maximum Gasteiger partial charge on any atom is 0.191 e. The summed E-state index contributed by atoms with van der Waals surface area (Å²) in [6, 6.07) is 0. The van der Waals surface area contributed by atoms with Crippen molar-refractivity contribution in [3.8, 4) is 0 Å². The summed E-state index contributed by atoms with van der Waals surface area (Å²) in [6.45, 7) is 8.84. The van der Waals surface area contributed by atoms with Crippen LogP contribution in [0.2, 0.25) is 0 Å². The van der Waals surface area contributed by atoms with Gasteiger partial charge in [-0.15, -0.1) is 0 Å². The lowest BCUT2D eigenvalue weighted by Gasteiger charge is -2.39. The van der Waals surface area contributed by atoms with E-state index in [1.165, 1.54) is 45.3 Å². The number of guanidine groups is 1. The summed E-state index contributed by atoms with van der Waals surface area (Å²) in [5, 5.41) is 0. The fourth-order valence-corrected chi connectivity index (χ4v) is 3.50. The lowest BCUT2D eigenvalue weighted by molar-refractivity contribution is 0.160. The molecule has 1 saturated heterocycles. The average molecular weight is 281 g/mol. The largest absolute Gasteiger partial charge is 0.370 e. The zero-order chi connectivity index (χ0) is 14.6. The molecule has 0 saturated carbocycles. The minimum atomic E-state index is 0.197. The number of aliphatic imine (C=N–C) groups is 1. The highest BCUT2D eigenvalue weighted by Crippen LogP contribution is 2.32. The van der Waals surface area contributed by atoms with E-state index >= 15 is 0 Å². The Balaban J connectivity index is 2.01. The normalized spacial score (nSPS) is 28.2. The van der Waals surface area contributed by atoms with E-state index in [-0.39, 0.29) is 5.54 Å². The average Bonchev–Trinajstić information content (AvgIpc) is 2.58. The van der Waals surface area contributed by atoms with Crippen molar-refractivity contribution in [2.24, 2.45) is 10.7 Å². The Labute approximate surface area is 123 Å². The van der Waals surface area contributed by atoms with Crippen molar-refractivity contribution in [3.05, 3.63) is 0 Å². The van der Waals surface area contributed by atoms with Gasteiger partial charge in [-0.25, -0.2) is 0 Å². The van der Waals surface area contributed by atoms with Crippen LogP contribution in [-0.4, -0.2) is 79.6 Å². The molecule has 0 aromatic carbocycles. The molecule has 0 aromatic rings. The molecule has 1 spiro atoms. The summed E-state index contributed by atoms with van der Waals surface area (Å²) in [4.78, 5) is 11.8. The van der Waals surface area contributed by atoms with Gasteiger partial charge >= 0.3 is 0 Å². The minimum Gasteiger partial charge on any atom is -0.370 e. The molecule has 0 radical (unpaired) electrons. The molecule has 5 heteroatoms. The molecule has 2 N–H and O–H groups in total. The molecule has 2 aliphatic heterocycles. The van der Waals surface area contributed by atoms with Crippen LogP contribution in [0.4, 0.5) is 0 Å². The van der Waals surface area contributed by atoms with Gasteiger partial charge < -0.3 is 20.4 Å². The van der Waals surface area contributed by atoms with Gasteiger partial charge in [0.25, 0.3) is 0 Å². The van der Waals surface area contributed by atoms with Crippen molar-refractivity contribution in [2.45, 2.75) is 38.1 Å². The number of hydrogen-bond acceptors (Lipinski definition) is 5. The number of rotatable bonds is 5. The first kappa shape index (κ1) is 15.6. The lowest BCUT2D eigenvalue weighted by atomic mass is 9.89. The fraction of sp³-hybridized carbons (Fsp3) is 0.933. The van der Waals surface area contributed by atoms with Gasteiger partial charge in [-0.1, -0.05) is 6.92 Å². The second-order valence-corrected chi connectivity index (χ2v) is 6.55. The van der Waals surface area contributed by atoms with Gasteiger partial charge in [-0.05, 0) is 52.9 Å². The maximum absolute atomic E-state index is 6.16. The summed E-state index contributed by atoms with van der Waals surface area (Å²) in [5.41, 5.74) is 6.36. The van der Waals surface area contributed by atoms with Crippen molar-refractivity contribution in [2.75, 3.05) is 53.4 Å². The Morgan fingerprint density at radius 2 is 2.05 bits per heavy atom. The predicted molar refractivity (Wildman–Crippen MR) is 85.1 cm³/mol. The Morgan fingerprint density at radius 3 is 2.75 bits per heavy atom. The Kier molecular flexibility index (Phi) is 5.27. The van der Waals surface area contributed by atoms with Crippen molar-refractivity contribution < 1.29 is 0 Å². The molecule has 1 atom stereocenters. The van der Waals surface area contributed by atoms with Gasteiger partial charge in [0.15, 0.2) is 5.96 Å². The maximum atomic E-state index is 6.16. The molecule has 2 aliphatic rings. The van der Waals surface area contributed by atoms with Gasteiger partial charge in [0.05, 0.1) is 12.1 Å². The summed E-state index contributed by atoms with van der Waals surface area (Å²) >= 11 is 0. The third kappa shape index (κ3) is 3.44. The molecule has 1 fully saturated rings. The van der Waals surface area contributed by atoms with E-state index in [1.54, 1.807) is 0 Å². The highest BCUT2D eigenvalue weighted by atomic mass is 15.4. The molecule has 0 bridgehead atoms. The van der Waals surface area contributed by atoms with E-state index in [9.17, 15) is 0 Å². The predicted octanol–water partition coefficient (Wildman–Crippen LogP) is 0.813. The molecule has 2 heterocycles. The molecule has 0 aromatic heterocycles. The Morgan fingerprint density at radius 1 is 1.25 bits per heavy atom. The van der Waals surface area contributed by atoms with Crippen LogP contribution in [0.3, 0.4) is 0 Å². The number of hydrogen-bond donors (Lipinski definition) is 1. The summed E-state index contributed by atoms with van der Waals surface area (Å²) < 4.78 is 0. The van der Waals surface area contributed by atoms with Crippen LogP contribution in [0, 0.1) is 0 Å². The zero-order valence-electron chi connectivity index (χ0n) is 13.4. The first-order valence-electron chi connectivity index (χ1n) is 8.02. The molecule has 0 amide bonds. The number of likely N-dealkylation sites (tertiary alicyclic amines) is 1. The summed E-state index contributed by atoms with van der Waals surface area (Å²) in [5.74, 6) is 0.760. The lowest BCUT2D eigenvalue weighted by Crippen LogP contribution is -2.53. The quantitative estimate of drug-likeness (QED) is 0.810. The number of nitrogens with two attached hydrogens (primary N) is 1. The zero-order valence-corrected chi connectivity index (χ0v) is 13.4. The smallest absolute Gasteiger partial charge is 0.191 e. The minimum absolute atomic E-state index is 0.197. The topological polar surface area (TPSA) is 48.1 Å². The van der Waals surface area contributed by atoms with Gasteiger partial charge in [-0.3, -0.25) is 4.99 Å². The molecule has 5 nitrogen and oxygen atoms in total. The highest BCUT2D eigenvalue weighted by Gasteiger charge is 2.42. The van der Waals surface area contributed by atoms with Crippen molar-refractivity contribution in [3.63, 3.8) is 0 Å². The molecular weight excluding hydrogens is 250 g/mol. The van der Waals surface area contributed by atoms with Crippen LogP contribution in [0.15, 0.2) is 4.99 Å². The molecule has 1 unspecified atom stereocenters. The van der Waals surface area contributed by atoms with Crippen LogP contribution in [0.1, 0.15) is 32.6 Å². The third-order valence-electron chi connectivity index (χ3n) is 4.71. The van der Waals surface area contributed by atoms with E-state index in [0.29, 0.717) is 0 Å².